The number of nitrogens with one attached hydrogen (secondary N) is 1. The van der Waals surface area contributed by atoms with Crippen LogP contribution in [0.25, 0.3) is 0 Å². The van der Waals surface area contributed by atoms with E-state index in [1.807, 2.05) is 0 Å². The highest BCUT2D eigenvalue weighted by Crippen LogP contribution is 2.34. The van der Waals surface area contributed by atoms with Gasteiger partial charge in [-0.05, 0) is 35.5 Å². The molecule has 4 heterocycles. The van der Waals surface area contributed by atoms with Gasteiger partial charge in [-0.3, -0.25) is 4.90 Å². The lowest BCUT2D eigenvalue weighted by molar-refractivity contribution is 0.212. The first-order chi connectivity index (χ1) is 15.1. The SMILES string of the molecule is [O-][S+]1CCc2nc(N3CCN(C4C=CN=N[C@H]4I)CC3)nc(Nc3cccc(F)c3)c21. The Morgan fingerprint density at radius 3 is 2.81 bits per heavy atom. The summed E-state index contributed by atoms with van der Waals surface area (Å²) in [5.41, 5.74) is 1.39. The van der Waals surface area contributed by atoms with Crippen molar-refractivity contribution in [2.75, 3.05) is 42.1 Å². The van der Waals surface area contributed by atoms with Crippen molar-refractivity contribution >= 4 is 51.2 Å². The Hall–Kier alpha value is -1.83. The van der Waals surface area contributed by atoms with E-state index in [0.29, 0.717) is 34.5 Å². The average Bonchev–Trinajstić information content (AvgIpc) is 3.15. The summed E-state index contributed by atoms with van der Waals surface area (Å²) in [6.45, 7) is 3.30. The Morgan fingerprint density at radius 2 is 2.03 bits per heavy atom. The second-order valence-electron chi connectivity index (χ2n) is 7.54. The number of anilines is 3. The first-order valence-electron chi connectivity index (χ1n) is 10.1. The molecule has 2 aromatic rings. The maximum absolute atomic E-state index is 13.6. The predicted molar refractivity (Wildman–Crippen MR) is 126 cm³/mol. The van der Waals surface area contributed by atoms with Crippen LogP contribution in [0.4, 0.5) is 21.8 Å². The molecule has 162 valence electrons. The van der Waals surface area contributed by atoms with Crippen LogP contribution in [-0.4, -0.2) is 61.4 Å². The molecule has 0 bridgehead atoms. The molecule has 1 N–H and O–H groups in total. The minimum atomic E-state index is -1.15. The maximum atomic E-state index is 13.6. The molecule has 3 aliphatic heterocycles. The van der Waals surface area contributed by atoms with E-state index in [-0.39, 0.29) is 15.9 Å². The van der Waals surface area contributed by atoms with Gasteiger partial charge in [-0.2, -0.15) is 15.2 Å². The standard InChI is InChI=1S/C20H21FIN7OS/c21-13-2-1-3-14(12-13)24-19-17-15(5-11-31(17)30)25-20(26-19)29-9-7-28(8-10-29)16-4-6-23-27-18(16)22/h1-4,6,12,16,18H,5,7-11H2,(H,24,25,26)/t16?,18-,31?/m1/s1. The molecule has 0 amide bonds. The first kappa shape index (κ1) is 21.0. The lowest BCUT2D eigenvalue weighted by Crippen LogP contribution is -2.52. The van der Waals surface area contributed by atoms with Crippen LogP contribution >= 0.6 is 22.6 Å². The Labute approximate surface area is 196 Å². The number of rotatable bonds is 4. The largest absolute Gasteiger partial charge is 0.611 e. The summed E-state index contributed by atoms with van der Waals surface area (Å²) < 4.78 is 26.3. The topological polar surface area (TPSA) is 92.1 Å². The zero-order valence-electron chi connectivity index (χ0n) is 16.6. The molecule has 1 fully saturated rings. The zero-order chi connectivity index (χ0) is 21.4. The minimum absolute atomic E-state index is 0.113. The predicted octanol–water partition coefficient (Wildman–Crippen LogP) is 3.25. The third-order valence-corrected chi connectivity index (χ3v) is 8.04. The molecule has 0 saturated carbocycles. The first-order valence-corrected chi connectivity index (χ1v) is 12.7. The van der Waals surface area contributed by atoms with Crippen molar-refractivity contribution in [1.82, 2.24) is 14.9 Å². The van der Waals surface area contributed by atoms with Crippen LogP contribution in [0, 0.1) is 5.82 Å². The van der Waals surface area contributed by atoms with Crippen LogP contribution in [-0.2, 0) is 17.6 Å². The second-order valence-corrected chi connectivity index (χ2v) is 10.3. The van der Waals surface area contributed by atoms with Gasteiger partial charge in [0.25, 0.3) is 0 Å². The van der Waals surface area contributed by atoms with Gasteiger partial charge in [-0.1, -0.05) is 28.7 Å². The van der Waals surface area contributed by atoms with E-state index in [4.69, 9.17) is 9.97 Å². The number of benzene rings is 1. The molecular weight excluding hydrogens is 532 g/mol. The van der Waals surface area contributed by atoms with Crippen molar-refractivity contribution in [3.63, 3.8) is 0 Å². The number of piperazine rings is 1. The molecule has 0 spiro atoms. The molecule has 1 aromatic heterocycles. The Bertz CT molecular complexity index is 1030. The summed E-state index contributed by atoms with van der Waals surface area (Å²) in [5, 5.41) is 11.4. The third-order valence-electron chi connectivity index (χ3n) is 5.59. The molecule has 1 aromatic carbocycles. The number of hydrogen-bond acceptors (Lipinski definition) is 8. The van der Waals surface area contributed by atoms with Gasteiger partial charge < -0.3 is 14.8 Å². The second kappa shape index (κ2) is 8.96. The number of fused-ring (bicyclic) bond motifs is 1. The van der Waals surface area contributed by atoms with E-state index in [1.165, 1.54) is 12.1 Å². The molecular formula is C20H21FIN7OS. The lowest BCUT2D eigenvalue weighted by atomic mass is 10.2. The van der Waals surface area contributed by atoms with Crippen LogP contribution < -0.4 is 10.2 Å². The fourth-order valence-electron chi connectivity index (χ4n) is 4.02. The molecule has 11 heteroatoms. The smallest absolute Gasteiger partial charge is 0.227 e. The van der Waals surface area contributed by atoms with Gasteiger partial charge in [0.15, 0.2) is 5.82 Å². The van der Waals surface area contributed by atoms with Gasteiger partial charge in [0, 0.05) is 44.5 Å². The summed E-state index contributed by atoms with van der Waals surface area (Å²) in [6.07, 6.45) is 4.52. The molecule has 3 aliphatic rings. The van der Waals surface area contributed by atoms with Gasteiger partial charge in [0.05, 0.1) is 6.04 Å². The highest BCUT2D eigenvalue weighted by atomic mass is 127. The molecule has 3 atom stereocenters. The van der Waals surface area contributed by atoms with Crippen LogP contribution in [0.5, 0.6) is 0 Å². The van der Waals surface area contributed by atoms with E-state index < -0.39 is 11.2 Å². The van der Waals surface area contributed by atoms with Crippen LogP contribution in [0.1, 0.15) is 5.69 Å². The van der Waals surface area contributed by atoms with Crippen molar-refractivity contribution in [3.05, 3.63) is 48.1 Å². The summed E-state index contributed by atoms with van der Waals surface area (Å²) >= 11 is 1.17. The quantitative estimate of drug-likeness (QED) is 0.271. The van der Waals surface area contributed by atoms with E-state index in [0.717, 1.165) is 31.9 Å². The fourth-order valence-corrected chi connectivity index (χ4v) is 6.16. The normalized spacial score (nSPS) is 25.6. The van der Waals surface area contributed by atoms with Crippen molar-refractivity contribution in [2.24, 2.45) is 10.2 Å². The lowest BCUT2D eigenvalue weighted by Gasteiger charge is -2.39. The maximum Gasteiger partial charge on any atom is 0.227 e. The highest BCUT2D eigenvalue weighted by Gasteiger charge is 2.34. The number of aromatic nitrogens is 2. The Morgan fingerprint density at radius 1 is 1.19 bits per heavy atom. The Balaban J connectivity index is 1.37. The van der Waals surface area contributed by atoms with Crippen LogP contribution in [0.3, 0.4) is 0 Å². The number of halogens is 2. The van der Waals surface area contributed by atoms with Gasteiger partial charge in [-0.15, -0.1) is 0 Å². The van der Waals surface area contributed by atoms with Crippen molar-refractivity contribution < 1.29 is 8.94 Å². The van der Waals surface area contributed by atoms with Gasteiger partial charge in [0.1, 0.15) is 21.3 Å². The van der Waals surface area contributed by atoms with Crippen molar-refractivity contribution in [2.45, 2.75) is 21.4 Å². The molecule has 8 nitrogen and oxygen atoms in total. The summed E-state index contributed by atoms with van der Waals surface area (Å²) in [7, 11) is 0. The minimum Gasteiger partial charge on any atom is -0.611 e. The van der Waals surface area contributed by atoms with Crippen LogP contribution in [0.15, 0.2) is 51.7 Å². The number of azo groups is 1. The van der Waals surface area contributed by atoms with Gasteiger partial charge in [-0.25, -0.2) is 9.37 Å². The van der Waals surface area contributed by atoms with Crippen molar-refractivity contribution in [1.29, 1.82) is 0 Å². The number of hydrogen-bond donors (Lipinski definition) is 1. The number of nitrogens with zero attached hydrogens (tertiary/aromatic N) is 6. The highest BCUT2D eigenvalue weighted by molar-refractivity contribution is 14.1. The van der Waals surface area contributed by atoms with E-state index in [1.54, 1.807) is 18.3 Å². The van der Waals surface area contributed by atoms with E-state index in [2.05, 4.69) is 54.0 Å². The molecule has 2 unspecified atom stereocenters. The number of alkyl halides is 1. The number of aryl methyl sites for hydroxylation is 1. The fraction of sp³-hybridized carbons (Fsp3) is 0.400. The van der Waals surface area contributed by atoms with E-state index in [9.17, 15) is 8.94 Å². The summed E-state index contributed by atoms with van der Waals surface area (Å²) in [5.74, 6) is 1.34. The molecule has 31 heavy (non-hydrogen) atoms. The van der Waals surface area contributed by atoms with Crippen molar-refractivity contribution in [3.8, 4) is 0 Å². The van der Waals surface area contributed by atoms with E-state index >= 15 is 0 Å². The zero-order valence-corrected chi connectivity index (χ0v) is 19.6. The third kappa shape index (κ3) is 4.41. The summed E-state index contributed by atoms with van der Waals surface area (Å²) in [6, 6.07) is 6.44. The van der Waals surface area contributed by atoms with Gasteiger partial charge in [0.2, 0.25) is 10.8 Å². The van der Waals surface area contributed by atoms with Gasteiger partial charge >= 0.3 is 0 Å². The average molecular weight is 553 g/mol. The van der Waals surface area contributed by atoms with Crippen LogP contribution in [0.2, 0.25) is 0 Å². The monoisotopic (exact) mass is 553 g/mol. The molecule has 0 radical (unpaired) electrons. The molecule has 0 aliphatic carbocycles. The summed E-state index contributed by atoms with van der Waals surface area (Å²) in [4.78, 5) is 14.6. The molecule has 1 saturated heterocycles. The Kier molecular flexibility index (Phi) is 6.08. The molecule has 5 rings (SSSR count).